The second-order valence-electron chi connectivity index (χ2n) is 7.63. The van der Waals surface area contributed by atoms with Gasteiger partial charge in [-0.1, -0.05) is 66.2 Å². The Hall–Kier alpha value is -3.91. The molecule has 1 heterocycles. The molecule has 1 amide bonds. The predicted octanol–water partition coefficient (Wildman–Crippen LogP) is 6.68. The molecule has 0 spiro atoms. The number of nitrogens with zero attached hydrogens (tertiary/aromatic N) is 1. The van der Waals surface area contributed by atoms with E-state index in [9.17, 15) is 22.8 Å². The van der Waals surface area contributed by atoms with E-state index in [1.807, 2.05) is 30.3 Å². The third kappa shape index (κ3) is 5.12. The number of nitrogens with one attached hydrogen (secondary N) is 1. The highest BCUT2D eigenvalue weighted by Gasteiger charge is 2.35. The van der Waals surface area contributed by atoms with Gasteiger partial charge in [0.1, 0.15) is 0 Å². The van der Waals surface area contributed by atoms with Gasteiger partial charge in [-0.2, -0.15) is 13.2 Å². The van der Waals surface area contributed by atoms with Gasteiger partial charge >= 0.3 is 12.1 Å². The lowest BCUT2D eigenvalue weighted by Gasteiger charge is -2.16. The highest BCUT2D eigenvalue weighted by Crippen LogP contribution is 2.38. The number of pyridine rings is 1. The minimum atomic E-state index is -4.73. The second-order valence-corrected chi connectivity index (χ2v) is 8.04. The number of ether oxygens (including phenoxy) is 1. The molecule has 35 heavy (non-hydrogen) atoms. The van der Waals surface area contributed by atoms with Crippen molar-refractivity contribution >= 4 is 40.1 Å². The van der Waals surface area contributed by atoms with Crippen molar-refractivity contribution in [3.63, 3.8) is 0 Å². The third-order valence-corrected chi connectivity index (χ3v) is 5.62. The van der Waals surface area contributed by atoms with Gasteiger partial charge in [-0.25, -0.2) is 9.78 Å². The first-order chi connectivity index (χ1) is 16.7. The normalized spacial score (nSPS) is 11.3. The molecule has 0 atom stereocenters. The Balaban J connectivity index is 1.61. The Morgan fingerprint density at radius 3 is 2.37 bits per heavy atom. The summed E-state index contributed by atoms with van der Waals surface area (Å²) in [4.78, 5) is 30.1. The lowest BCUT2D eigenvalue weighted by molar-refractivity contribution is -0.137. The molecule has 0 unspecified atom stereocenters. The maximum Gasteiger partial charge on any atom is 0.418 e. The second kappa shape index (κ2) is 9.76. The summed E-state index contributed by atoms with van der Waals surface area (Å²) in [5, 5.41) is 2.34. The number of halogens is 4. The first-order valence-corrected chi connectivity index (χ1v) is 10.8. The van der Waals surface area contributed by atoms with Crippen molar-refractivity contribution in [3.05, 3.63) is 94.5 Å². The SMILES string of the molecule is Cc1c(-c2ccccc2)nc2ccccc2c1C(=O)OCC(=O)Nc1c(Cl)cccc1C(F)(F)F. The Bertz CT molecular complexity index is 1420. The summed E-state index contributed by atoms with van der Waals surface area (Å²) in [5.41, 5.74) is 0.987. The van der Waals surface area contributed by atoms with Crippen LogP contribution in [0.1, 0.15) is 21.5 Å². The molecule has 4 aromatic rings. The van der Waals surface area contributed by atoms with Crippen LogP contribution < -0.4 is 5.32 Å². The first-order valence-electron chi connectivity index (χ1n) is 10.4. The molecule has 178 valence electrons. The topological polar surface area (TPSA) is 68.3 Å². The average Bonchev–Trinajstić information content (AvgIpc) is 2.83. The predicted molar refractivity (Wildman–Crippen MR) is 127 cm³/mol. The van der Waals surface area contributed by atoms with Gasteiger partial charge in [-0.15, -0.1) is 0 Å². The number of anilines is 1. The van der Waals surface area contributed by atoms with Gasteiger partial charge in [0.2, 0.25) is 0 Å². The molecule has 0 aliphatic rings. The monoisotopic (exact) mass is 498 g/mol. The summed E-state index contributed by atoms with van der Waals surface area (Å²) in [6, 6.07) is 19.4. The van der Waals surface area contributed by atoms with E-state index in [2.05, 4.69) is 10.3 Å². The summed E-state index contributed by atoms with van der Waals surface area (Å²) in [6.07, 6.45) is -4.73. The number of benzene rings is 3. The number of alkyl halides is 3. The van der Waals surface area contributed by atoms with E-state index < -0.39 is 35.9 Å². The van der Waals surface area contributed by atoms with Gasteiger partial charge in [0.25, 0.3) is 5.91 Å². The summed E-state index contributed by atoms with van der Waals surface area (Å²) < 4.78 is 45.1. The number of hydrogen-bond donors (Lipinski definition) is 1. The van der Waals surface area contributed by atoms with Gasteiger partial charge in [-0.05, 0) is 30.7 Å². The van der Waals surface area contributed by atoms with E-state index in [0.717, 1.165) is 17.7 Å². The lowest BCUT2D eigenvalue weighted by Crippen LogP contribution is -2.23. The highest BCUT2D eigenvalue weighted by molar-refractivity contribution is 6.34. The fraction of sp³-hybridized carbons (Fsp3) is 0.115. The molecule has 5 nitrogen and oxygen atoms in total. The fourth-order valence-electron chi connectivity index (χ4n) is 3.71. The number of esters is 1. The van der Waals surface area contributed by atoms with Crippen LogP contribution in [0.25, 0.3) is 22.2 Å². The van der Waals surface area contributed by atoms with Gasteiger partial charge in [0.05, 0.1) is 33.0 Å². The zero-order valence-corrected chi connectivity index (χ0v) is 19.1. The first kappa shape index (κ1) is 24.2. The van der Waals surface area contributed by atoms with Gasteiger partial charge < -0.3 is 10.1 Å². The largest absolute Gasteiger partial charge is 0.452 e. The summed E-state index contributed by atoms with van der Waals surface area (Å²) in [5.74, 6) is -1.76. The van der Waals surface area contributed by atoms with Crippen LogP contribution >= 0.6 is 11.6 Å². The standard InChI is InChI=1S/C26H18ClF3N2O3/c1-15-22(17-10-5-6-13-20(17)31-23(15)16-8-3-2-4-9-16)25(34)35-14-21(33)32-24-18(26(28,29)30)11-7-12-19(24)27/h2-13H,14H2,1H3,(H,32,33). The molecular formula is C26H18ClF3N2O3. The van der Waals surface area contributed by atoms with E-state index in [0.29, 0.717) is 22.2 Å². The number of fused-ring (bicyclic) bond motifs is 1. The highest BCUT2D eigenvalue weighted by atomic mass is 35.5. The van der Waals surface area contributed by atoms with Gasteiger partial charge in [0.15, 0.2) is 6.61 Å². The fourth-order valence-corrected chi connectivity index (χ4v) is 3.94. The van der Waals surface area contributed by atoms with Crippen molar-refractivity contribution in [3.8, 4) is 11.3 Å². The molecule has 1 aromatic heterocycles. The molecule has 0 bridgehead atoms. The molecule has 0 saturated heterocycles. The van der Waals surface area contributed by atoms with Crippen molar-refractivity contribution in [2.45, 2.75) is 13.1 Å². The van der Waals surface area contributed by atoms with Crippen molar-refractivity contribution in [1.82, 2.24) is 4.98 Å². The Kier molecular flexibility index (Phi) is 6.75. The van der Waals surface area contributed by atoms with E-state index in [1.165, 1.54) is 6.07 Å². The quantitative estimate of drug-likeness (QED) is 0.312. The molecule has 1 N–H and O–H groups in total. The van der Waals surface area contributed by atoms with E-state index in [4.69, 9.17) is 16.3 Å². The number of carbonyl (C=O) groups excluding carboxylic acids is 2. The molecule has 3 aromatic carbocycles. The minimum Gasteiger partial charge on any atom is -0.452 e. The molecule has 0 saturated carbocycles. The third-order valence-electron chi connectivity index (χ3n) is 5.30. The number of hydrogen-bond acceptors (Lipinski definition) is 4. The zero-order valence-electron chi connectivity index (χ0n) is 18.3. The summed E-state index contributed by atoms with van der Waals surface area (Å²) in [7, 11) is 0. The minimum absolute atomic E-state index is 0.218. The van der Waals surface area contributed by atoms with Crippen LogP contribution in [0.4, 0.5) is 18.9 Å². The van der Waals surface area contributed by atoms with E-state index in [1.54, 1.807) is 31.2 Å². The summed E-state index contributed by atoms with van der Waals surface area (Å²) in [6.45, 7) is 0.913. The van der Waals surface area contributed by atoms with Crippen molar-refractivity contribution < 1.29 is 27.5 Å². The summed E-state index contributed by atoms with van der Waals surface area (Å²) >= 11 is 5.87. The van der Waals surface area contributed by atoms with Crippen LogP contribution in [0.5, 0.6) is 0 Å². The van der Waals surface area contributed by atoms with Crippen LogP contribution in [-0.4, -0.2) is 23.5 Å². The number of para-hydroxylation sites is 2. The van der Waals surface area contributed by atoms with Crippen molar-refractivity contribution in [2.24, 2.45) is 0 Å². The van der Waals surface area contributed by atoms with Crippen molar-refractivity contribution in [1.29, 1.82) is 0 Å². The van der Waals surface area contributed by atoms with Gasteiger partial charge in [-0.3, -0.25) is 4.79 Å². The van der Waals surface area contributed by atoms with Crippen LogP contribution in [0.15, 0.2) is 72.8 Å². The molecule has 0 aliphatic heterocycles. The molecule has 0 aliphatic carbocycles. The van der Waals surface area contributed by atoms with Crippen LogP contribution in [-0.2, 0) is 15.7 Å². The molecular weight excluding hydrogens is 481 g/mol. The Labute approximate surface area is 203 Å². The van der Waals surface area contributed by atoms with Gasteiger partial charge in [0, 0.05) is 10.9 Å². The number of carbonyl (C=O) groups is 2. The smallest absolute Gasteiger partial charge is 0.418 e. The zero-order chi connectivity index (χ0) is 25.2. The Morgan fingerprint density at radius 1 is 0.971 bits per heavy atom. The maximum atomic E-state index is 13.3. The number of rotatable bonds is 5. The molecule has 9 heteroatoms. The van der Waals surface area contributed by atoms with Crippen LogP contribution in [0, 0.1) is 6.92 Å². The molecule has 0 radical (unpaired) electrons. The molecule has 0 fully saturated rings. The van der Waals surface area contributed by atoms with E-state index >= 15 is 0 Å². The van der Waals surface area contributed by atoms with E-state index in [-0.39, 0.29) is 10.6 Å². The number of aromatic nitrogens is 1. The maximum absolute atomic E-state index is 13.3. The lowest BCUT2D eigenvalue weighted by atomic mass is 9.98. The van der Waals surface area contributed by atoms with Crippen LogP contribution in [0.3, 0.4) is 0 Å². The average molecular weight is 499 g/mol. The Morgan fingerprint density at radius 2 is 1.66 bits per heavy atom. The number of amides is 1. The molecule has 4 rings (SSSR count). The van der Waals surface area contributed by atoms with Crippen LogP contribution in [0.2, 0.25) is 5.02 Å². The van der Waals surface area contributed by atoms with Crippen molar-refractivity contribution in [2.75, 3.05) is 11.9 Å².